The van der Waals surface area contributed by atoms with Gasteiger partial charge in [0.15, 0.2) is 5.82 Å². The quantitative estimate of drug-likeness (QED) is 0.674. The third-order valence-electron chi connectivity index (χ3n) is 4.73. The maximum Gasteiger partial charge on any atom is 0.263 e. The van der Waals surface area contributed by atoms with Crippen LogP contribution in [-0.4, -0.2) is 23.1 Å². The Kier molecular flexibility index (Phi) is 4.26. The van der Waals surface area contributed by atoms with Crippen molar-refractivity contribution >= 4 is 16.9 Å². The van der Waals surface area contributed by atoms with Crippen LogP contribution in [0.3, 0.4) is 0 Å². The molecule has 2 heterocycles. The van der Waals surface area contributed by atoms with Gasteiger partial charge in [-0.2, -0.15) is 0 Å². The van der Waals surface area contributed by atoms with Crippen molar-refractivity contribution in [1.82, 2.24) is 9.97 Å². The molecule has 4 rings (SSSR count). The summed E-state index contributed by atoms with van der Waals surface area (Å²) in [6.07, 6.45) is 3.67. The van der Waals surface area contributed by atoms with Crippen LogP contribution in [0.15, 0.2) is 42.5 Å². The highest BCUT2D eigenvalue weighted by molar-refractivity contribution is 5.77. The standard InChI is InChI=1S/C21H23N3O/c1-15-10-11-16(2)19(14-15)25-21-20(24-12-6-3-7-13-24)22-17-8-4-5-9-18(17)23-21/h4-5,8-11,14H,3,6-7,12-13H2,1-2H3. The molecule has 1 aliphatic heterocycles. The van der Waals surface area contributed by atoms with Crippen LogP contribution in [0.5, 0.6) is 11.6 Å². The summed E-state index contributed by atoms with van der Waals surface area (Å²) in [4.78, 5) is 12.0. The molecule has 128 valence electrons. The number of hydrogen-bond acceptors (Lipinski definition) is 4. The predicted molar refractivity (Wildman–Crippen MR) is 102 cm³/mol. The molecule has 1 aliphatic rings. The Balaban J connectivity index is 1.80. The molecule has 2 aromatic carbocycles. The number of benzene rings is 2. The van der Waals surface area contributed by atoms with Crippen molar-refractivity contribution in [2.75, 3.05) is 18.0 Å². The SMILES string of the molecule is Cc1ccc(C)c(Oc2nc3ccccc3nc2N2CCCCC2)c1. The van der Waals surface area contributed by atoms with Crippen LogP contribution in [-0.2, 0) is 0 Å². The summed E-state index contributed by atoms with van der Waals surface area (Å²) in [7, 11) is 0. The Morgan fingerprint density at radius 3 is 2.36 bits per heavy atom. The van der Waals surface area contributed by atoms with Gasteiger partial charge in [-0.3, -0.25) is 0 Å². The van der Waals surface area contributed by atoms with Crippen molar-refractivity contribution in [3.63, 3.8) is 0 Å². The smallest absolute Gasteiger partial charge is 0.263 e. The van der Waals surface area contributed by atoms with E-state index in [2.05, 4.69) is 36.9 Å². The lowest BCUT2D eigenvalue weighted by molar-refractivity contribution is 0.453. The van der Waals surface area contributed by atoms with E-state index in [9.17, 15) is 0 Å². The van der Waals surface area contributed by atoms with E-state index in [0.29, 0.717) is 5.88 Å². The van der Waals surface area contributed by atoms with Crippen LogP contribution >= 0.6 is 0 Å². The van der Waals surface area contributed by atoms with Crippen molar-refractivity contribution in [2.45, 2.75) is 33.1 Å². The van der Waals surface area contributed by atoms with Crippen molar-refractivity contribution in [1.29, 1.82) is 0 Å². The summed E-state index contributed by atoms with van der Waals surface area (Å²) < 4.78 is 6.27. The molecule has 1 fully saturated rings. The fourth-order valence-corrected chi connectivity index (χ4v) is 3.28. The molecule has 0 amide bonds. The lowest BCUT2D eigenvalue weighted by Crippen LogP contribution is -2.30. The van der Waals surface area contributed by atoms with Gasteiger partial charge in [0.25, 0.3) is 5.88 Å². The summed E-state index contributed by atoms with van der Waals surface area (Å²) in [5.74, 6) is 2.32. The average molecular weight is 333 g/mol. The van der Waals surface area contributed by atoms with Crippen LogP contribution in [0.4, 0.5) is 5.82 Å². The second-order valence-electron chi connectivity index (χ2n) is 6.76. The Labute approximate surface area is 148 Å². The highest BCUT2D eigenvalue weighted by Crippen LogP contribution is 2.34. The number of aromatic nitrogens is 2. The molecule has 4 nitrogen and oxygen atoms in total. The molecular formula is C21H23N3O. The average Bonchev–Trinajstić information content (AvgIpc) is 2.65. The zero-order chi connectivity index (χ0) is 17.2. The van der Waals surface area contributed by atoms with Gasteiger partial charge >= 0.3 is 0 Å². The zero-order valence-corrected chi connectivity index (χ0v) is 14.8. The van der Waals surface area contributed by atoms with E-state index in [1.54, 1.807) is 0 Å². The summed E-state index contributed by atoms with van der Waals surface area (Å²) in [6, 6.07) is 14.2. The Bertz CT molecular complexity index is 901. The summed E-state index contributed by atoms with van der Waals surface area (Å²) in [5.41, 5.74) is 4.05. The normalized spacial score (nSPS) is 14.7. The van der Waals surface area contributed by atoms with Gasteiger partial charge in [0.2, 0.25) is 0 Å². The molecule has 4 heteroatoms. The van der Waals surface area contributed by atoms with Gasteiger partial charge in [0.05, 0.1) is 11.0 Å². The Morgan fingerprint density at radius 1 is 0.880 bits per heavy atom. The third-order valence-corrected chi connectivity index (χ3v) is 4.73. The van der Waals surface area contributed by atoms with Gasteiger partial charge in [-0.15, -0.1) is 0 Å². The number of rotatable bonds is 3. The number of nitrogens with zero attached hydrogens (tertiary/aromatic N) is 3. The van der Waals surface area contributed by atoms with Crippen LogP contribution in [0.1, 0.15) is 30.4 Å². The molecule has 0 atom stereocenters. The Hall–Kier alpha value is -2.62. The van der Waals surface area contributed by atoms with Crippen molar-refractivity contribution < 1.29 is 4.74 Å². The summed E-state index contributed by atoms with van der Waals surface area (Å²) in [5, 5.41) is 0. The first-order chi connectivity index (χ1) is 12.2. The van der Waals surface area contributed by atoms with E-state index in [1.165, 1.54) is 24.8 Å². The first kappa shape index (κ1) is 15.9. The van der Waals surface area contributed by atoms with Crippen LogP contribution in [0.2, 0.25) is 0 Å². The van der Waals surface area contributed by atoms with E-state index in [0.717, 1.165) is 41.3 Å². The number of ether oxygens (including phenoxy) is 1. The topological polar surface area (TPSA) is 38.3 Å². The van der Waals surface area contributed by atoms with Gasteiger partial charge in [-0.1, -0.05) is 24.3 Å². The number of anilines is 1. The van der Waals surface area contributed by atoms with Crippen molar-refractivity contribution in [3.05, 3.63) is 53.6 Å². The molecule has 1 aromatic heterocycles. The molecule has 3 aromatic rings. The maximum absolute atomic E-state index is 6.27. The zero-order valence-electron chi connectivity index (χ0n) is 14.8. The molecule has 0 spiro atoms. The molecule has 25 heavy (non-hydrogen) atoms. The van der Waals surface area contributed by atoms with Crippen LogP contribution < -0.4 is 9.64 Å². The van der Waals surface area contributed by atoms with Crippen LogP contribution in [0, 0.1) is 13.8 Å². The van der Waals surface area contributed by atoms with E-state index < -0.39 is 0 Å². The number of fused-ring (bicyclic) bond motifs is 1. The van der Waals surface area contributed by atoms with Gasteiger partial charge < -0.3 is 9.64 Å². The molecular weight excluding hydrogens is 310 g/mol. The first-order valence-electron chi connectivity index (χ1n) is 8.97. The fraction of sp³-hybridized carbons (Fsp3) is 0.333. The highest BCUT2D eigenvalue weighted by Gasteiger charge is 2.20. The molecule has 0 aliphatic carbocycles. The van der Waals surface area contributed by atoms with Gasteiger partial charge in [0.1, 0.15) is 5.75 Å². The second kappa shape index (κ2) is 6.71. The predicted octanol–water partition coefficient (Wildman–Crippen LogP) is 5.03. The monoisotopic (exact) mass is 333 g/mol. The molecule has 0 radical (unpaired) electrons. The number of aryl methyl sites for hydroxylation is 2. The van der Waals surface area contributed by atoms with E-state index in [-0.39, 0.29) is 0 Å². The van der Waals surface area contributed by atoms with Crippen LogP contribution in [0.25, 0.3) is 11.0 Å². The number of para-hydroxylation sites is 2. The van der Waals surface area contributed by atoms with Crippen molar-refractivity contribution in [2.24, 2.45) is 0 Å². The van der Waals surface area contributed by atoms with Gasteiger partial charge in [0, 0.05) is 13.1 Å². The first-order valence-corrected chi connectivity index (χ1v) is 8.97. The lowest BCUT2D eigenvalue weighted by Gasteiger charge is -2.28. The van der Waals surface area contributed by atoms with E-state index >= 15 is 0 Å². The van der Waals surface area contributed by atoms with Crippen molar-refractivity contribution in [3.8, 4) is 11.6 Å². The minimum absolute atomic E-state index is 0.606. The van der Waals surface area contributed by atoms with E-state index in [1.807, 2.05) is 24.3 Å². The van der Waals surface area contributed by atoms with Gasteiger partial charge in [-0.05, 0) is 62.4 Å². The number of piperidine rings is 1. The largest absolute Gasteiger partial charge is 0.436 e. The minimum Gasteiger partial charge on any atom is -0.436 e. The Morgan fingerprint density at radius 2 is 1.60 bits per heavy atom. The molecule has 0 unspecified atom stereocenters. The molecule has 1 saturated heterocycles. The summed E-state index contributed by atoms with van der Waals surface area (Å²) >= 11 is 0. The maximum atomic E-state index is 6.27. The molecule has 0 N–H and O–H groups in total. The fourth-order valence-electron chi connectivity index (χ4n) is 3.28. The minimum atomic E-state index is 0.606. The highest BCUT2D eigenvalue weighted by atomic mass is 16.5. The molecule has 0 saturated carbocycles. The third kappa shape index (κ3) is 3.29. The summed E-state index contributed by atoms with van der Waals surface area (Å²) in [6.45, 7) is 6.15. The van der Waals surface area contributed by atoms with E-state index in [4.69, 9.17) is 14.7 Å². The number of hydrogen-bond donors (Lipinski definition) is 0. The van der Waals surface area contributed by atoms with Gasteiger partial charge in [-0.25, -0.2) is 9.97 Å². The lowest BCUT2D eigenvalue weighted by atomic mass is 10.1. The second-order valence-corrected chi connectivity index (χ2v) is 6.76. The molecule has 0 bridgehead atoms.